The van der Waals surface area contributed by atoms with Gasteiger partial charge in [-0.1, -0.05) is 6.08 Å². The van der Waals surface area contributed by atoms with Crippen LogP contribution >= 0.6 is 0 Å². The molecule has 0 aromatic heterocycles. The Hall–Kier alpha value is -1.86. The first-order valence-corrected chi connectivity index (χ1v) is 7.85. The van der Waals surface area contributed by atoms with Crippen molar-refractivity contribution in [2.24, 2.45) is 0 Å². The lowest BCUT2D eigenvalue weighted by Gasteiger charge is -2.14. The summed E-state index contributed by atoms with van der Waals surface area (Å²) >= 11 is 0. The van der Waals surface area contributed by atoms with Crippen molar-refractivity contribution in [1.29, 1.82) is 0 Å². The Labute approximate surface area is 125 Å². The topological polar surface area (TPSA) is 84.5 Å². The van der Waals surface area contributed by atoms with E-state index in [1.54, 1.807) is 13.0 Å². The minimum atomic E-state index is -3.77. The van der Waals surface area contributed by atoms with Crippen LogP contribution in [0.15, 0.2) is 35.7 Å². The molecule has 0 spiro atoms. The summed E-state index contributed by atoms with van der Waals surface area (Å²) in [5, 5.41) is 2.53. The molecule has 1 amide bonds. The summed E-state index contributed by atoms with van der Waals surface area (Å²) in [6, 6.07) is 3.63. The van der Waals surface area contributed by atoms with Crippen LogP contribution in [-0.4, -0.2) is 34.0 Å². The number of carbonyl (C=O) groups excluding carboxylic acids is 1. The number of carbonyl (C=O) groups is 1. The summed E-state index contributed by atoms with van der Waals surface area (Å²) in [5.74, 6) is 0.189. The molecular weight excluding hydrogens is 292 g/mol. The monoisotopic (exact) mass is 312 g/mol. The van der Waals surface area contributed by atoms with Crippen LogP contribution in [0.4, 0.5) is 0 Å². The molecule has 6 nitrogen and oxygen atoms in total. The summed E-state index contributed by atoms with van der Waals surface area (Å²) in [6.07, 6.45) is 1.52. The van der Waals surface area contributed by atoms with E-state index in [4.69, 9.17) is 4.74 Å². The lowest BCUT2D eigenvalue weighted by molar-refractivity contribution is -0.122. The fourth-order valence-electron chi connectivity index (χ4n) is 1.70. The van der Waals surface area contributed by atoms with E-state index in [1.807, 2.05) is 0 Å². The average Bonchev–Trinajstić information content (AvgIpc) is 2.44. The molecule has 0 saturated heterocycles. The minimum Gasteiger partial charge on any atom is -0.496 e. The number of methoxy groups -OCH3 is 1. The Morgan fingerprint density at radius 1 is 1.48 bits per heavy atom. The summed E-state index contributed by atoms with van der Waals surface area (Å²) in [6.45, 7) is 6.99. The third kappa shape index (κ3) is 4.57. The van der Waals surface area contributed by atoms with Crippen molar-refractivity contribution in [3.05, 3.63) is 36.4 Å². The van der Waals surface area contributed by atoms with Gasteiger partial charge in [0.05, 0.1) is 18.0 Å². The van der Waals surface area contributed by atoms with Crippen molar-refractivity contribution >= 4 is 15.9 Å². The standard InChI is InChI=1S/C14H20N2O4S/c1-5-8-15-14(17)11(3)16-21(18,19)12-6-7-13(20-4)10(2)9-12/h5-7,9,11,16H,1,8H2,2-4H3,(H,15,17)/t11-/m1/s1. The number of amides is 1. The van der Waals surface area contributed by atoms with Crippen LogP contribution in [0.5, 0.6) is 5.75 Å². The lowest BCUT2D eigenvalue weighted by Crippen LogP contribution is -2.44. The van der Waals surface area contributed by atoms with E-state index in [9.17, 15) is 13.2 Å². The summed E-state index contributed by atoms with van der Waals surface area (Å²) < 4.78 is 31.9. The maximum absolute atomic E-state index is 12.2. The second kappa shape index (κ2) is 7.24. The molecule has 1 atom stereocenters. The first-order chi connectivity index (χ1) is 9.81. The van der Waals surface area contributed by atoms with E-state index in [-0.39, 0.29) is 11.4 Å². The Morgan fingerprint density at radius 3 is 2.67 bits per heavy atom. The number of aryl methyl sites for hydroxylation is 1. The second-order valence-corrected chi connectivity index (χ2v) is 6.22. The molecule has 0 saturated carbocycles. The first-order valence-electron chi connectivity index (χ1n) is 6.37. The zero-order valence-electron chi connectivity index (χ0n) is 12.3. The SMILES string of the molecule is C=CCNC(=O)[C@@H](C)NS(=O)(=O)c1ccc(OC)c(C)c1. The van der Waals surface area contributed by atoms with Gasteiger partial charge in [0.1, 0.15) is 5.75 Å². The highest BCUT2D eigenvalue weighted by atomic mass is 32.2. The highest BCUT2D eigenvalue weighted by molar-refractivity contribution is 7.89. The molecule has 2 N–H and O–H groups in total. The smallest absolute Gasteiger partial charge is 0.241 e. The maximum Gasteiger partial charge on any atom is 0.241 e. The van der Waals surface area contributed by atoms with Crippen molar-refractivity contribution < 1.29 is 17.9 Å². The van der Waals surface area contributed by atoms with Gasteiger partial charge in [0, 0.05) is 6.54 Å². The van der Waals surface area contributed by atoms with Crippen molar-refractivity contribution in [3.8, 4) is 5.75 Å². The normalized spacial score (nSPS) is 12.5. The first kappa shape index (κ1) is 17.2. The quantitative estimate of drug-likeness (QED) is 0.735. The molecule has 1 aromatic carbocycles. The summed E-state index contributed by atoms with van der Waals surface area (Å²) in [5.41, 5.74) is 0.698. The van der Waals surface area contributed by atoms with Gasteiger partial charge in [-0.15, -0.1) is 6.58 Å². The molecule has 1 rings (SSSR count). The molecule has 116 valence electrons. The molecular formula is C14H20N2O4S. The Morgan fingerprint density at radius 2 is 2.14 bits per heavy atom. The molecule has 21 heavy (non-hydrogen) atoms. The predicted molar refractivity (Wildman–Crippen MR) is 80.7 cm³/mol. The molecule has 0 aliphatic heterocycles. The van der Waals surface area contributed by atoms with Crippen molar-refractivity contribution in [2.45, 2.75) is 24.8 Å². The maximum atomic E-state index is 12.2. The Kier molecular flexibility index (Phi) is 5.92. The van der Waals surface area contributed by atoms with Crippen LogP contribution in [0.1, 0.15) is 12.5 Å². The zero-order chi connectivity index (χ0) is 16.0. The third-order valence-corrected chi connectivity index (χ3v) is 4.36. The van der Waals surface area contributed by atoms with Crippen LogP contribution in [0.2, 0.25) is 0 Å². The molecule has 1 aromatic rings. The fraction of sp³-hybridized carbons (Fsp3) is 0.357. The molecule has 0 bridgehead atoms. The zero-order valence-corrected chi connectivity index (χ0v) is 13.2. The largest absolute Gasteiger partial charge is 0.496 e. The van der Waals surface area contributed by atoms with Crippen LogP contribution < -0.4 is 14.8 Å². The number of hydrogen-bond acceptors (Lipinski definition) is 4. The van der Waals surface area contributed by atoms with Gasteiger partial charge in [-0.2, -0.15) is 4.72 Å². The molecule has 0 radical (unpaired) electrons. The molecule has 7 heteroatoms. The van der Waals surface area contributed by atoms with Crippen LogP contribution in [0, 0.1) is 6.92 Å². The number of nitrogens with one attached hydrogen (secondary N) is 2. The molecule has 0 fully saturated rings. The second-order valence-electron chi connectivity index (χ2n) is 4.51. The lowest BCUT2D eigenvalue weighted by atomic mass is 10.2. The third-order valence-electron chi connectivity index (χ3n) is 2.82. The van der Waals surface area contributed by atoms with E-state index in [1.165, 1.54) is 32.2 Å². The fourth-order valence-corrected chi connectivity index (χ4v) is 2.99. The van der Waals surface area contributed by atoms with Gasteiger partial charge in [-0.25, -0.2) is 8.42 Å². The van der Waals surface area contributed by atoms with E-state index in [0.29, 0.717) is 11.3 Å². The highest BCUT2D eigenvalue weighted by Crippen LogP contribution is 2.21. The number of ether oxygens (including phenoxy) is 1. The molecule has 0 unspecified atom stereocenters. The van der Waals surface area contributed by atoms with Crippen molar-refractivity contribution in [2.75, 3.05) is 13.7 Å². The van der Waals surface area contributed by atoms with Crippen molar-refractivity contribution in [1.82, 2.24) is 10.0 Å². The van der Waals surface area contributed by atoms with Crippen LogP contribution in [0.3, 0.4) is 0 Å². The van der Waals surface area contributed by atoms with Crippen LogP contribution in [0.25, 0.3) is 0 Å². The van der Waals surface area contributed by atoms with Gasteiger partial charge in [0.2, 0.25) is 15.9 Å². The van der Waals surface area contributed by atoms with E-state index < -0.39 is 22.0 Å². The number of hydrogen-bond donors (Lipinski definition) is 2. The minimum absolute atomic E-state index is 0.0872. The van der Waals surface area contributed by atoms with Gasteiger partial charge in [0.15, 0.2) is 0 Å². The van der Waals surface area contributed by atoms with E-state index >= 15 is 0 Å². The molecule has 0 aliphatic rings. The van der Waals surface area contributed by atoms with Gasteiger partial charge in [0.25, 0.3) is 0 Å². The average molecular weight is 312 g/mol. The van der Waals surface area contributed by atoms with Gasteiger partial charge >= 0.3 is 0 Å². The summed E-state index contributed by atoms with van der Waals surface area (Å²) in [7, 11) is -2.25. The van der Waals surface area contributed by atoms with Crippen LogP contribution in [-0.2, 0) is 14.8 Å². The van der Waals surface area contributed by atoms with Gasteiger partial charge < -0.3 is 10.1 Å². The molecule has 0 heterocycles. The number of rotatable bonds is 7. The van der Waals surface area contributed by atoms with E-state index in [2.05, 4.69) is 16.6 Å². The van der Waals surface area contributed by atoms with Gasteiger partial charge in [-0.05, 0) is 37.6 Å². The molecule has 0 aliphatic carbocycles. The van der Waals surface area contributed by atoms with E-state index in [0.717, 1.165) is 0 Å². The summed E-state index contributed by atoms with van der Waals surface area (Å²) in [4.78, 5) is 11.8. The Balaban J connectivity index is 2.88. The number of benzene rings is 1. The predicted octanol–water partition coefficient (Wildman–Crippen LogP) is 0.973. The number of sulfonamides is 1. The van der Waals surface area contributed by atoms with Gasteiger partial charge in [-0.3, -0.25) is 4.79 Å². The van der Waals surface area contributed by atoms with Crippen molar-refractivity contribution in [3.63, 3.8) is 0 Å². The highest BCUT2D eigenvalue weighted by Gasteiger charge is 2.22. The Bertz CT molecular complexity index is 626.